The van der Waals surface area contributed by atoms with E-state index in [0.717, 1.165) is 0 Å². The molecule has 46 heavy (non-hydrogen) atoms. The van der Waals surface area contributed by atoms with Gasteiger partial charge >= 0.3 is 0 Å². The smallest absolute Gasteiger partial charge is 0.261 e. The van der Waals surface area contributed by atoms with E-state index in [-0.39, 0.29) is 35.1 Å². The van der Waals surface area contributed by atoms with Crippen LogP contribution in [0.1, 0.15) is 12.5 Å². The Morgan fingerprint density at radius 1 is 0.891 bits per heavy atom. The van der Waals surface area contributed by atoms with Crippen LogP contribution in [0.5, 0.6) is 0 Å². The fourth-order valence-electron chi connectivity index (χ4n) is 5.17. The minimum atomic E-state index is -2.21. The van der Waals surface area contributed by atoms with Crippen LogP contribution in [-0.2, 0) is 28.5 Å². The molecule has 2 aliphatic rings. The van der Waals surface area contributed by atoms with Crippen molar-refractivity contribution in [3.63, 3.8) is 0 Å². The van der Waals surface area contributed by atoms with Crippen molar-refractivity contribution in [1.29, 1.82) is 0 Å². The van der Waals surface area contributed by atoms with Gasteiger partial charge in [-0.25, -0.2) is 0 Å². The monoisotopic (exact) mass is 672 g/mol. The molecule has 0 amide bonds. The number of aromatic nitrogens is 6. The highest BCUT2D eigenvalue weighted by Crippen LogP contribution is 2.37. The minimum Gasteiger partial charge on any atom is -0.394 e. The van der Waals surface area contributed by atoms with E-state index in [1.807, 2.05) is 0 Å². The Kier molecular flexibility index (Phi) is 10.3. The van der Waals surface area contributed by atoms with Crippen molar-refractivity contribution < 1.29 is 53.8 Å². The van der Waals surface area contributed by atoms with Gasteiger partial charge in [-0.1, -0.05) is 0 Å². The number of aliphatic hydroxyl groups excluding tert-OH is 4. The number of aromatic amines is 2. The second kappa shape index (κ2) is 14.0. The SMILES string of the molecule is COC1[C@@H](O)[C@@H](CO)O[C@H]1n1ccc2c(=O)[nH]c(N)nc21.COC1[C@@H](O)[C@@H](OOP(O)CO)O[C@H]1n1ccc2c(=O)[nH]c(N)nc21. The molecule has 9 atom stereocenters. The molecule has 22 heteroatoms. The van der Waals surface area contributed by atoms with Crippen LogP contribution in [-0.4, -0.2) is 118 Å². The van der Waals surface area contributed by atoms with Gasteiger partial charge in [-0.05, 0) is 12.1 Å². The van der Waals surface area contributed by atoms with Gasteiger partial charge in [0.25, 0.3) is 11.1 Å². The summed E-state index contributed by atoms with van der Waals surface area (Å²) in [5, 5.41) is 38.9. The number of fused-ring (bicyclic) bond motifs is 2. The number of hydrogen-bond donors (Lipinski definition) is 9. The third-order valence-corrected chi connectivity index (χ3v) is 7.80. The summed E-state index contributed by atoms with van der Waals surface area (Å²) in [4.78, 5) is 50.7. The number of hydrogen-bond acceptors (Lipinski definition) is 17. The van der Waals surface area contributed by atoms with Gasteiger partial charge in [0.15, 0.2) is 23.8 Å². The van der Waals surface area contributed by atoms with Gasteiger partial charge in [0.05, 0.1) is 17.4 Å². The zero-order chi connectivity index (χ0) is 33.3. The van der Waals surface area contributed by atoms with E-state index in [4.69, 9.17) is 40.4 Å². The topological polar surface area (TPSA) is 310 Å². The van der Waals surface area contributed by atoms with Gasteiger partial charge in [-0.15, -0.1) is 0 Å². The third-order valence-electron chi connectivity index (χ3n) is 7.30. The van der Waals surface area contributed by atoms with E-state index in [2.05, 4.69) is 24.6 Å². The predicted octanol–water partition coefficient (Wildman–Crippen LogP) is -2.69. The van der Waals surface area contributed by atoms with Crippen LogP contribution in [0.4, 0.5) is 11.9 Å². The van der Waals surface area contributed by atoms with Crippen molar-refractivity contribution in [3.05, 3.63) is 45.2 Å². The highest BCUT2D eigenvalue weighted by molar-refractivity contribution is 7.45. The minimum absolute atomic E-state index is 0.0151. The fourth-order valence-corrected chi connectivity index (χ4v) is 5.40. The molecular weight excluding hydrogens is 639 g/mol. The zero-order valence-electron chi connectivity index (χ0n) is 24.2. The molecule has 11 N–H and O–H groups in total. The number of ether oxygens (including phenoxy) is 4. The molecule has 252 valence electrons. The maximum Gasteiger partial charge on any atom is 0.261 e. The number of rotatable bonds is 9. The van der Waals surface area contributed by atoms with Crippen LogP contribution in [0.2, 0.25) is 0 Å². The number of nitrogens with two attached hydrogens (primary N) is 2. The van der Waals surface area contributed by atoms with Crippen LogP contribution in [0, 0.1) is 0 Å². The van der Waals surface area contributed by atoms with Crippen LogP contribution in [0.15, 0.2) is 34.1 Å². The quantitative estimate of drug-likeness (QED) is 0.0496. The van der Waals surface area contributed by atoms with E-state index in [1.54, 1.807) is 16.8 Å². The van der Waals surface area contributed by atoms with Crippen molar-refractivity contribution in [3.8, 4) is 0 Å². The summed E-state index contributed by atoms with van der Waals surface area (Å²) in [5.41, 5.74) is 10.9. The Labute approximate surface area is 258 Å². The average Bonchev–Trinajstić information content (AvgIpc) is 3.79. The number of H-pyrrole nitrogens is 2. The molecule has 2 aliphatic heterocycles. The molecule has 6 rings (SSSR count). The van der Waals surface area contributed by atoms with E-state index < -0.39 is 69.5 Å². The first-order valence-electron chi connectivity index (χ1n) is 13.5. The van der Waals surface area contributed by atoms with Crippen molar-refractivity contribution in [2.75, 3.05) is 38.6 Å². The van der Waals surface area contributed by atoms with E-state index in [1.165, 1.54) is 31.0 Å². The summed E-state index contributed by atoms with van der Waals surface area (Å²) < 4.78 is 29.3. The lowest BCUT2D eigenvalue weighted by atomic mass is 10.1. The van der Waals surface area contributed by atoms with Crippen LogP contribution in [0.3, 0.4) is 0 Å². The van der Waals surface area contributed by atoms with Gasteiger partial charge in [0, 0.05) is 26.6 Å². The largest absolute Gasteiger partial charge is 0.394 e. The molecule has 4 aromatic heterocycles. The number of nitrogens with zero attached hydrogens (tertiary/aromatic N) is 4. The predicted molar refractivity (Wildman–Crippen MR) is 156 cm³/mol. The highest BCUT2D eigenvalue weighted by atomic mass is 31.2. The van der Waals surface area contributed by atoms with Gasteiger partial charge in [-0.3, -0.25) is 19.6 Å². The summed E-state index contributed by atoms with van der Waals surface area (Å²) in [6.45, 7) is -0.340. The molecule has 3 unspecified atom stereocenters. The maximum atomic E-state index is 11.9. The number of nitrogens with one attached hydrogen (secondary N) is 2. The summed E-state index contributed by atoms with van der Waals surface area (Å²) in [6.07, 6.45) is -5.01. The first-order valence-corrected chi connectivity index (χ1v) is 14.9. The van der Waals surface area contributed by atoms with E-state index >= 15 is 0 Å². The second-order valence-corrected chi connectivity index (χ2v) is 11.1. The Morgan fingerprint density at radius 2 is 1.39 bits per heavy atom. The number of aliphatic hydroxyl groups is 4. The molecule has 2 fully saturated rings. The lowest BCUT2D eigenvalue weighted by Crippen LogP contribution is -2.34. The summed E-state index contributed by atoms with van der Waals surface area (Å²) in [6, 6.07) is 3.10. The number of anilines is 2. The van der Waals surface area contributed by atoms with Gasteiger partial charge in [0.2, 0.25) is 26.6 Å². The van der Waals surface area contributed by atoms with Crippen molar-refractivity contribution in [2.45, 2.75) is 49.3 Å². The van der Waals surface area contributed by atoms with Crippen LogP contribution in [0.25, 0.3) is 22.1 Å². The Bertz CT molecular complexity index is 1760. The second-order valence-electron chi connectivity index (χ2n) is 10.0. The van der Waals surface area contributed by atoms with Crippen LogP contribution >= 0.6 is 8.38 Å². The van der Waals surface area contributed by atoms with Gasteiger partial charge < -0.3 is 64.9 Å². The molecule has 0 spiro atoms. The maximum absolute atomic E-state index is 11.9. The molecular formula is C24H33N8O13P. The first kappa shape index (κ1) is 33.8. The first-order chi connectivity index (χ1) is 22.0. The summed E-state index contributed by atoms with van der Waals surface area (Å²) in [5.74, 6) is -0.0892. The zero-order valence-corrected chi connectivity index (χ0v) is 25.1. The van der Waals surface area contributed by atoms with Crippen molar-refractivity contribution >= 4 is 42.3 Å². The molecule has 6 heterocycles. The Balaban J connectivity index is 0.000000184. The molecule has 0 aromatic carbocycles. The van der Waals surface area contributed by atoms with Gasteiger partial charge in [0.1, 0.15) is 36.9 Å². The Morgan fingerprint density at radius 3 is 1.87 bits per heavy atom. The molecule has 4 aromatic rings. The molecule has 0 saturated carbocycles. The van der Waals surface area contributed by atoms with Crippen LogP contribution < -0.4 is 22.6 Å². The van der Waals surface area contributed by atoms with E-state index in [9.17, 15) is 29.8 Å². The summed E-state index contributed by atoms with van der Waals surface area (Å²) >= 11 is 0. The summed E-state index contributed by atoms with van der Waals surface area (Å²) in [7, 11) is 0.588. The highest BCUT2D eigenvalue weighted by Gasteiger charge is 2.48. The fraction of sp³-hybridized carbons (Fsp3) is 0.500. The van der Waals surface area contributed by atoms with Gasteiger partial charge in [-0.2, -0.15) is 19.5 Å². The number of methoxy groups -OCH3 is 2. The molecule has 21 nitrogen and oxygen atoms in total. The lowest BCUT2D eigenvalue weighted by molar-refractivity contribution is -0.332. The molecule has 0 aliphatic carbocycles. The standard InChI is InChI=1S/C12H17N4O8P.C12H16N4O5/c1-21-7-6(18)11(23-24-25(20)4-17)22-10(7)16-3-2-5-8(16)14-12(13)15-9(5)19;1-20-8-7(18)6(4-17)21-11(8)16-3-2-5-9(16)14-12(13)15-10(5)19/h2-3,6-7,10-11,17-18,20H,4H2,1H3,(H3,13,14,15,19);2-3,6-8,11,17-18H,4H2,1H3,(H3,13,14,15,19)/t6-,7?,10-,11-,25?;6-,7+,8?,11-/m11/s1. The molecule has 0 radical (unpaired) electrons. The van der Waals surface area contributed by atoms with Crippen molar-refractivity contribution in [2.24, 2.45) is 0 Å². The third kappa shape index (κ3) is 6.36. The Hall–Kier alpha value is -3.57. The molecule has 0 bridgehead atoms. The normalized spacial score (nSPS) is 28.5. The number of nitrogen functional groups attached to an aromatic ring is 2. The van der Waals surface area contributed by atoms with Crippen molar-refractivity contribution in [1.82, 2.24) is 29.1 Å². The van der Waals surface area contributed by atoms with E-state index in [0.29, 0.717) is 11.0 Å². The average molecular weight is 673 g/mol. The molecule has 2 saturated heterocycles. The lowest BCUT2D eigenvalue weighted by Gasteiger charge is -2.20.